The second-order valence-corrected chi connectivity index (χ2v) is 6.17. The quantitative estimate of drug-likeness (QED) is 0.871. The van der Waals surface area contributed by atoms with Gasteiger partial charge in [-0.05, 0) is 25.1 Å². The van der Waals surface area contributed by atoms with Crippen LogP contribution in [0.1, 0.15) is 16.6 Å². The minimum absolute atomic E-state index is 0.153. The van der Waals surface area contributed by atoms with Crippen molar-refractivity contribution in [3.63, 3.8) is 0 Å². The highest BCUT2D eigenvalue weighted by Crippen LogP contribution is 2.22. The van der Waals surface area contributed by atoms with E-state index in [1.165, 1.54) is 4.68 Å². The van der Waals surface area contributed by atoms with Crippen molar-refractivity contribution in [3.05, 3.63) is 39.8 Å². The smallest absolute Gasteiger partial charge is 0.262 e. The Morgan fingerprint density at radius 2 is 2.30 bits per heavy atom. The van der Waals surface area contributed by atoms with Crippen LogP contribution in [0.5, 0.6) is 0 Å². The van der Waals surface area contributed by atoms with Crippen LogP contribution in [0, 0.1) is 0 Å². The molecule has 0 aromatic carbocycles. The van der Waals surface area contributed by atoms with Gasteiger partial charge < -0.3 is 11.1 Å². The van der Waals surface area contributed by atoms with Gasteiger partial charge in [0, 0.05) is 12.4 Å². The summed E-state index contributed by atoms with van der Waals surface area (Å²) in [7, 11) is 0. The summed E-state index contributed by atoms with van der Waals surface area (Å²) in [4.78, 5) is 24.2. The molecule has 0 aliphatic heterocycles. The number of nitrogens with two attached hydrogens (primary N) is 1. The van der Waals surface area contributed by atoms with Crippen LogP contribution in [0.4, 0.5) is 0 Å². The molecule has 0 spiro atoms. The summed E-state index contributed by atoms with van der Waals surface area (Å²) in [5, 5.41) is 6.65. The molecule has 2 rings (SSSR count). The molecule has 2 heterocycles. The van der Waals surface area contributed by atoms with Crippen molar-refractivity contribution in [2.24, 2.45) is 5.73 Å². The molecule has 8 heteroatoms. The van der Waals surface area contributed by atoms with Gasteiger partial charge >= 0.3 is 0 Å². The predicted molar refractivity (Wildman–Crippen MR) is 76.6 cm³/mol. The van der Waals surface area contributed by atoms with Crippen LogP contribution >= 0.6 is 22.9 Å². The molecule has 0 bridgehead atoms. The normalized spacial score (nSPS) is 13.7. The van der Waals surface area contributed by atoms with Crippen LogP contribution in [0.15, 0.2) is 30.6 Å². The molecule has 0 radical (unpaired) electrons. The van der Waals surface area contributed by atoms with Crippen molar-refractivity contribution >= 4 is 34.8 Å². The Kier molecular flexibility index (Phi) is 4.10. The van der Waals surface area contributed by atoms with E-state index in [1.54, 1.807) is 37.5 Å². The lowest BCUT2D eigenvalue weighted by Crippen LogP contribution is -2.57. The molecule has 2 aromatic rings. The number of amides is 2. The Morgan fingerprint density at radius 3 is 2.80 bits per heavy atom. The van der Waals surface area contributed by atoms with Crippen LogP contribution in [-0.2, 0) is 11.3 Å². The second kappa shape index (κ2) is 5.64. The minimum Gasteiger partial charge on any atom is -0.368 e. The molecule has 0 saturated heterocycles. The van der Waals surface area contributed by atoms with E-state index in [9.17, 15) is 9.59 Å². The predicted octanol–water partition coefficient (Wildman–Crippen LogP) is 1.27. The molecule has 20 heavy (non-hydrogen) atoms. The summed E-state index contributed by atoms with van der Waals surface area (Å²) in [6.07, 6.45) is 3.28. The standard InChI is InChI=1S/C12H13ClN4O2S/c1-12(11(14)19,7-17-6-2-5-15-17)16-10(18)8-3-4-9(13)20-8/h2-6H,7H2,1H3,(H2,14,19)(H,16,18)/t12-/m0/s1. The Labute approximate surface area is 124 Å². The van der Waals surface area contributed by atoms with Crippen LogP contribution in [0.25, 0.3) is 0 Å². The largest absolute Gasteiger partial charge is 0.368 e. The molecule has 0 saturated carbocycles. The number of nitrogens with zero attached hydrogens (tertiary/aromatic N) is 2. The third kappa shape index (κ3) is 3.17. The lowest BCUT2D eigenvalue weighted by Gasteiger charge is -2.27. The molecule has 1 atom stereocenters. The van der Waals surface area contributed by atoms with E-state index >= 15 is 0 Å². The van der Waals surface area contributed by atoms with Gasteiger partial charge in [-0.15, -0.1) is 11.3 Å². The number of carbonyl (C=O) groups excluding carboxylic acids is 2. The van der Waals surface area contributed by atoms with E-state index < -0.39 is 17.4 Å². The maximum absolute atomic E-state index is 12.1. The average molecular weight is 313 g/mol. The molecular formula is C12H13ClN4O2S. The fourth-order valence-corrected chi connectivity index (χ4v) is 2.58. The Morgan fingerprint density at radius 1 is 1.55 bits per heavy atom. The second-order valence-electron chi connectivity index (χ2n) is 4.46. The highest BCUT2D eigenvalue weighted by molar-refractivity contribution is 7.18. The number of halogens is 1. The first kappa shape index (κ1) is 14.5. The van der Waals surface area contributed by atoms with Gasteiger partial charge in [-0.2, -0.15) is 5.10 Å². The number of hydrogen-bond acceptors (Lipinski definition) is 4. The SMILES string of the molecule is C[C@@](Cn1cccn1)(NC(=O)c1ccc(Cl)s1)C(N)=O. The Bertz CT molecular complexity index is 625. The number of hydrogen-bond donors (Lipinski definition) is 2. The molecule has 0 aliphatic rings. The third-order valence-corrected chi connectivity index (χ3v) is 4.00. The van der Waals surface area contributed by atoms with Gasteiger partial charge in [-0.25, -0.2) is 0 Å². The molecule has 3 N–H and O–H groups in total. The molecular weight excluding hydrogens is 300 g/mol. The summed E-state index contributed by atoms with van der Waals surface area (Å²) in [5.74, 6) is -1.03. The summed E-state index contributed by atoms with van der Waals surface area (Å²) >= 11 is 6.92. The zero-order chi connectivity index (χ0) is 14.8. The number of rotatable bonds is 5. The van der Waals surface area contributed by atoms with Gasteiger partial charge in [0.05, 0.1) is 15.8 Å². The summed E-state index contributed by atoms with van der Waals surface area (Å²) < 4.78 is 2.04. The van der Waals surface area contributed by atoms with E-state index in [0.717, 1.165) is 11.3 Å². The van der Waals surface area contributed by atoms with Crippen molar-refractivity contribution < 1.29 is 9.59 Å². The van der Waals surface area contributed by atoms with Crippen molar-refractivity contribution in [2.75, 3.05) is 0 Å². The molecule has 0 aliphatic carbocycles. The first-order valence-corrected chi connectivity index (χ1v) is 6.95. The van der Waals surface area contributed by atoms with E-state index in [2.05, 4.69) is 10.4 Å². The van der Waals surface area contributed by atoms with E-state index in [1.807, 2.05) is 0 Å². The monoisotopic (exact) mass is 312 g/mol. The number of carbonyl (C=O) groups is 2. The van der Waals surface area contributed by atoms with Crippen LogP contribution in [0.2, 0.25) is 4.34 Å². The van der Waals surface area contributed by atoms with Crippen LogP contribution < -0.4 is 11.1 Å². The first-order chi connectivity index (χ1) is 9.40. The number of aromatic nitrogens is 2. The number of nitrogens with one attached hydrogen (secondary N) is 1. The lowest BCUT2D eigenvalue weighted by molar-refractivity contribution is -0.124. The van der Waals surface area contributed by atoms with E-state index in [-0.39, 0.29) is 6.54 Å². The molecule has 106 valence electrons. The van der Waals surface area contributed by atoms with Gasteiger partial charge in [-0.3, -0.25) is 14.3 Å². The third-order valence-electron chi connectivity index (χ3n) is 2.77. The van der Waals surface area contributed by atoms with Crippen molar-refractivity contribution in [2.45, 2.75) is 19.0 Å². The topological polar surface area (TPSA) is 90.0 Å². The van der Waals surface area contributed by atoms with Gasteiger partial charge in [0.2, 0.25) is 5.91 Å². The fourth-order valence-electron chi connectivity index (χ4n) is 1.65. The van der Waals surface area contributed by atoms with Gasteiger partial charge in [0.1, 0.15) is 5.54 Å². The van der Waals surface area contributed by atoms with Crippen molar-refractivity contribution in [1.29, 1.82) is 0 Å². The van der Waals surface area contributed by atoms with E-state index in [4.69, 9.17) is 17.3 Å². The highest BCUT2D eigenvalue weighted by atomic mass is 35.5. The zero-order valence-corrected chi connectivity index (χ0v) is 12.2. The average Bonchev–Trinajstić information content (AvgIpc) is 3.00. The molecule has 0 unspecified atom stereocenters. The number of primary amides is 1. The molecule has 6 nitrogen and oxygen atoms in total. The fraction of sp³-hybridized carbons (Fsp3) is 0.250. The highest BCUT2D eigenvalue weighted by Gasteiger charge is 2.34. The summed E-state index contributed by atoms with van der Waals surface area (Å²) in [6.45, 7) is 1.71. The van der Waals surface area contributed by atoms with Gasteiger partial charge in [0.15, 0.2) is 0 Å². The molecule has 0 fully saturated rings. The maximum Gasteiger partial charge on any atom is 0.262 e. The molecule has 2 amide bonds. The van der Waals surface area contributed by atoms with Crippen LogP contribution in [-0.4, -0.2) is 27.1 Å². The number of thiophene rings is 1. The first-order valence-electron chi connectivity index (χ1n) is 5.76. The Hall–Kier alpha value is -1.86. The minimum atomic E-state index is -1.24. The van der Waals surface area contributed by atoms with E-state index in [0.29, 0.717) is 9.21 Å². The van der Waals surface area contributed by atoms with Gasteiger partial charge in [-0.1, -0.05) is 11.6 Å². The Balaban J connectivity index is 2.16. The van der Waals surface area contributed by atoms with Crippen molar-refractivity contribution in [3.8, 4) is 0 Å². The lowest BCUT2D eigenvalue weighted by atomic mass is 10.0. The summed E-state index contributed by atoms with van der Waals surface area (Å²) in [5.41, 5.74) is 4.17. The van der Waals surface area contributed by atoms with Crippen LogP contribution in [0.3, 0.4) is 0 Å². The molecule has 2 aromatic heterocycles. The zero-order valence-electron chi connectivity index (χ0n) is 10.7. The van der Waals surface area contributed by atoms with Crippen molar-refractivity contribution in [1.82, 2.24) is 15.1 Å². The van der Waals surface area contributed by atoms with Gasteiger partial charge in [0.25, 0.3) is 5.91 Å². The maximum atomic E-state index is 12.1. The summed E-state index contributed by atoms with van der Waals surface area (Å²) in [6, 6.07) is 4.94.